The number of carboxylic acid groups (broad SMARTS) is 1. The molecule has 0 atom stereocenters. The molecule has 5 nitrogen and oxygen atoms in total. The van der Waals surface area contributed by atoms with Crippen molar-refractivity contribution in [2.45, 2.75) is 18.4 Å². The lowest BCUT2D eigenvalue weighted by atomic mass is 9.76. The minimum Gasteiger partial charge on any atom is -0.489 e. The average molecular weight is 402 g/mol. The summed E-state index contributed by atoms with van der Waals surface area (Å²) < 4.78 is 11.1. The van der Waals surface area contributed by atoms with E-state index in [2.05, 4.69) is 0 Å². The summed E-state index contributed by atoms with van der Waals surface area (Å²) in [6.45, 7) is 1.23. The first-order valence-electron chi connectivity index (χ1n) is 9.77. The first-order chi connectivity index (χ1) is 14.6. The highest BCUT2D eigenvalue weighted by Crippen LogP contribution is 2.36. The fourth-order valence-corrected chi connectivity index (χ4v) is 3.59. The predicted octanol–water partition coefficient (Wildman–Crippen LogP) is 4.24. The number of carbonyl (C=O) groups excluding carboxylic acids is 1. The van der Waals surface area contributed by atoms with Crippen LogP contribution in [0.1, 0.15) is 33.5 Å². The number of rotatable bonds is 8. The van der Waals surface area contributed by atoms with E-state index in [1.807, 2.05) is 66.7 Å². The zero-order chi connectivity index (χ0) is 21.0. The molecule has 0 aliphatic carbocycles. The lowest BCUT2D eigenvalue weighted by Crippen LogP contribution is -2.48. The number of ketones is 1. The molecule has 0 saturated carbocycles. The fraction of sp³-hybridized carbons (Fsp3) is 0.200. The maximum atomic E-state index is 12.5. The van der Waals surface area contributed by atoms with Crippen LogP contribution in [-0.4, -0.2) is 30.1 Å². The first-order valence-corrected chi connectivity index (χ1v) is 9.77. The molecule has 1 aliphatic rings. The molecule has 3 aromatic carbocycles. The molecule has 1 aliphatic heterocycles. The Bertz CT molecular complexity index is 1020. The summed E-state index contributed by atoms with van der Waals surface area (Å²) in [5.41, 5.74) is 2.77. The van der Waals surface area contributed by atoms with Crippen molar-refractivity contribution in [1.29, 1.82) is 0 Å². The minimum absolute atomic E-state index is 0.00563. The molecule has 0 spiro atoms. The Kier molecular flexibility index (Phi) is 5.63. The van der Waals surface area contributed by atoms with Gasteiger partial charge in [0.15, 0.2) is 5.78 Å². The van der Waals surface area contributed by atoms with Gasteiger partial charge in [0, 0.05) is 11.1 Å². The van der Waals surface area contributed by atoms with Crippen LogP contribution in [0.5, 0.6) is 5.75 Å². The van der Waals surface area contributed by atoms with Crippen LogP contribution in [0.4, 0.5) is 0 Å². The summed E-state index contributed by atoms with van der Waals surface area (Å²) in [6, 6.07) is 24.1. The summed E-state index contributed by atoms with van der Waals surface area (Å²) in [7, 11) is 0. The van der Waals surface area contributed by atoms with Crippen LogP contribution in [0.2, 0.25) is 0 Å². The van der Waals surface area contributed by atoms with E-state index in [0.717, 1.165) is 11.1 Å². The summed E-state index contributed by atoms with van der Waals surface area (Å²) in [5.74, 6) is -0.129. The molecule has 0 unspecified atom stereocenters. The summed E-state index contributed by atoms with van der Waals surface area (Å²) >= 11 is 0. The second-order valence-corrected chi connectivity index (χ2v) is 7.55. The lowest BCUT2D eigenvalue weighted by Gasteiger charge is -2.40. The van der Waals surface area contributed by atoms with Gasteiger partial charge in [-0.05, 0) is 23.3 Å². The highest BCUT2D eigenvalue weighted by molar-refractivity contribution is 6.08. The monoisotopic (exact) mass is 402 g/mol. The van der Waals surface area contributed by atoms with Crippen LogP contribution in [-0.2, 0) is 21.6 Å². The zero-order valence-corrected chi connectivity index (χ0v) is 16.4. The number of ether oxygens (including phenoxy) is 2. The summed E-state index contributed by atoms with van der Waals surface area (Å²) in [4.78, 5) is 23.6. The van der Waals surface area contributed by atoms with Crippen LogP contribution < -0.4 is 4.74 Å². The van der Waals surface area contributed by atoms with Crippen molar-refractivity contribution in [2.75, 3.05) is 13.2 Å². The van der Waals surface area contributed by atoms with Crippen LogP contribution in [0.3, 0.4) is 0 Å². The molecule has 30 heavy (non-hydrogen) atoms. The van der Waals surface area contributed by atoms with Gasteiger partial charge in [-0.2, -0.15) is 0 Å². The van der Waals surface area contributed by atoms with Crippen molar-refractivity contribution in [3.8, 4) is 5.75 Å². The van der Waals surface area contributed by atoms with Crippen molar-refractivity contribution in [3.05, 3.63) is 101 Å². The number of carboxylic acids is 1. The van der Waals surface area contributed by atoms with Gasteiger partial charge in [0.25, 0.3) is 0 Å². The quantitative estimate of drug-likeness (QED) is 0.571. The number of aliphatic carboxylic acids is 1. The molecule has 4 rings (SSSR count). The van der Waals surface area contributed by atoms with Crippen LogP contribution in [0.25, 0.3) is 0 Å². The largest absolute Gasteiger partial charge is 0.489 e. The molecule has 1 heterocycles. The molecule has 3 aromatic rings. The van der Waals surface area contributed by atoms with E-state index in [9.17, 15) is 9.59 Å². The zero-order valence-electron chi connectivity index (χ0n) is 16.4. The van der Waals surface area contributed by atoms with Crippen molar-refractivity contribution < 1.29 is 24.2 Å². The van der Waals surface area contributed by atoms with Crippen molar-refractivity contribution in [1.82, 2.24) is 0 Å². The first kappa shape index (κ1) is 19.9. The van der Waals surface area contributed by atoms with E-state index in [4.69, 9.17) is 14.6 Å². The Hall–Kier alpha value is -3.44. The molecule has 152 valence electrons. The number of hydrogen-bond donors (Lipinski definition) is 1. The van der Waals surface area contributed by atoms with Crippen molar-refractivity contribution >= 4 is 11.8 Å². The Balaban J connectivity index is 1.37. The van der Waals surface area contributed by atoms with Gasteiger partial charge in [-0.25, -0.2) is 0 Å². The second-order valence-electron chi connectivity index (χ2n) is 7.55. The smallest absolute Gasteiger partial charge is 0.304 e. The van der Waals surface area contributed by atoms with E-state index < -0.39 is 11.4 Å². The van der Waals surface area contributed by atoms with Gasteiger partial charge in [-0.3, -0.25) is 9.59 Å². The normalized spacial score (nSPS) is 14.5. The number of carbonyl (C=O) groups is 2. The van der Waals surface area contributed by atoms with Crippen LogP contribution in [0.15, 0.2) is 78.9 Å². The molecule has 0 aromatic heterocycles. The standard InChI is InChI=1S/C25H22O5/c26-23(27)14-25(16-29-17-25)21-10-12-22(13-11-21)30-15-18-6-8-20(9-7-18)24(28)19-4-2-1-3-5-19/h1-13H,14-17H2,(H,26,27). The van der Waals surface area contributed by atoms with E-state index in [0.29, 0.717) is 36.7 Å². The van der Waals surface area contributed by atoms with Gasteiger partial charge < -0.3 is 14.6 Å². The molecular weight excluding hydrogens is 380 g/mol. The third kappa shape index (κ3) is 4.26. The Morgan fingerprint density at radius 3 is 2.07 bits per heavy atom. The molecule has 0 amide bonds. The van der Waals surface area contributed by atoms with E-state index in [1.165, 1.54) is 0 Å². The van der Waals surface area contributed by atoms with E-state index in [1.54, 1.807) is 12.1 Å². The van der Waals surface area contributed by atoms with Gasteiger partial charge in [0.2, 0.25) is 0 Å². The third-order valence-corrected chi connectivity index (χ3v) is 5.37. The van der Waals surface area contributed by atoms with Gasteiger partial charge in [0.1, 0.15) is 12.4 Å². The summed E-state index contributed by atoms with van der Waals surface area (Å²) in [6.07, 6.45) is 0.0568. The highest BCUT2D eigenvalue weighted by atomic mass is 16.5. The number of benzene rings is 3. The second kappa shape index (κ2) is 8.51. The average Bonchev–Trinajstić information content (AvgIpc) is 2.75. The SMILES string of the molecule is O=C(O)CC1(c2ccc(OCc3ccc(C(=O)c4ccccc4)cc3)cc2)COC1. The third-order valence-electron chi connectivity index (χ3n) is 5.37. The maximum Gasteiger partial charge on any atom is 0.304 e. The topological polar surface area (TPSA) is 72.8 Å². The molecule has 1 fully saturated rings. The maximum absolute atomic E-state index is 12.5. The lowest BCUT2D eigenvalue weighted by molar-refractivity contribution is -0.145. The van der Waals surface area contributed by atoms with Crippen LogP contribution >= 0.6 is 0 Å². The molecule has 1 saturated heterocycles. The Morgan fingerprint density at radius 2 is 1.50 bits per heavy atom. The minimum atomic E-state index is -0.826. The highest BCUT2D eigenvalue weighted by Gasteiger charge is 2.42. The fourth-order valence-electron chi connectivity index (χ4n) is 3.59. The van der Waals surface area contributed by atoms with Gasteiger partial charge in [-0.15, -0.1) is 0 Å². The molecular formula is C25H22O5. The van der Waals surface area contributed by atoms with Crippen LogP contribution in [0, 0.1) is 0 Å². The summed E-state index contributed by atoms with van der Waals surface area (Å²) in [5, 5.41) is 9.16. The molecule has 5 heteroatoms. The van der Waals surface area contributed by atoms with Gasteiger partial charge in [-0.1, -0.05) is 66.7 Å². The van der Waals surface area contributed by atoms with E-state index >= 15 is 0 Å². The van der Waals surface area contributed by atoms with Crippen molar-refractivity contribution in [2.24, 2.45) is 0 Å². The molecule has 0 radical (unpaired) electrons. The van der Waals surface area contributed by atoms with Gasteiger partial charge in [0.05, 0.1) is 25.0 Å². The Labute approximate surface area is 174 Å². The number of hydrogen-bond acceptors (Lipinski definition) is 4. The molecule has 0 bridgehead atoms. The predicted molar refractivity (Wildman–Crippen MR) is 112 cm³/mol. The van der Waals surface area contributed by atoms with E-state index in [-0.39, 0.29) is 12.2 Å². The molecule has 1 N–H and O–H groups in total. The Morgan fingerprint density at radius 1 is 0.867 bits per heavy atom. The van der Waals surface area contributed by atoms with Crippen molar-refractivity contribution in [3.63, 3.8) is 0 Å². The van der Waals surface area contributed by atoms with Gasteiger partial charge >= 0.3 is 5.97 Å².